The van der Waals surface area contributed by atoms with Gasteiger partial charge in [0.25, 0.3) is 6.02 Å². The van der Waals surface area contributed by atoms with Gasteiger partial charge < -0.3 is 10.5 Å². The predicted octanol–water partition coefficient (Wildman–Crippen LogP) is 1.04. The average molecular weight is 205 g/mol. The Morgan fingerprint density at radius 1 is 1.60 bits per heavy atom. The van der Waals surface area contributed by atoms with Gasteiger partial charge in [0.2, 0.25) is 0 Å². The molecule has 0 aromatic carbocycles. The normalized spacial score (nSPS) is 19.8. The summed E-state index contributed by atoms with van der Waals surface area (Å²) < 4.78 is 5.09. The van der Waals surface area contributed by atoms with Gasteiger partial charge in [-0.1, -0.05) is 0 Å². The van der Waals surface area contributed by atoms with E-state index < -0.39 is 0 Å². The maximum absolute atomic E-state index is 5.44. The van der Waals surface area contributed by atoms with Gasteiger partial charge in [0.05, 0.1) is 6.04 Å². The number of rotatable bonds is 3. The van der Waals surface area contributed by atoms with Gasteiger partial charge in [0.15, 0.2) is 0 Å². The minimum absolute atomic E-state index is 0.221. The first-order valence-corrected chi connectivity index (χ1v) is 5.11. The number of hydrogen-bond acceptors (Lipinski definition) is 4. The second-order valence-electron chi connectivity index (χ2n) is 3.78. The Morgan fingerprint density at radius 3 is 3.13 bits per heavy atom. The van der Waals surface area contributed by atoms with Crippen LogP contribution in [0.3, 0.4) is 0 Å². The quantitative estimate of drug-likeness (QED) is 0.802. The maximum atomic E-state index is 5.44. The van der Waals surface area contributed by atoms with Crippen LogP contribution in [0.4, 0.5) is 0 Å². The molecule has 0 bridgehead atoms. The highest BCUT2D eigenvalue weighted by atomic mass is 16.5. The highest BCUT2D eigenvalue weighted by Crippen LogP contribution is 2.11. The van der Waals surface area contributed by atoms with E-state index in [1.165, 1.54) is 5.56 Å². The zero-order valence-corrected chi connectivity index (χ0v) is 8.81. The molecule has 0 spiro atoms. The zero-order chi connectivity index (χ0) is 10.7. The Balaban J connectivity index is 1.88. The van der Waals surface area contributed by atoms with E-state index in [0.29, 0.717) is 12.6 Å². The molecule has 1 aromatic heterocycles. The molecule has 0 saturated heterocycles. The van der Waals surface area contributed by atoms with Crippen molar-refractivity contribution in [1.29, 1.82) is 0 Å². The second kappa shape index (κ2) is 4.29. The van der Waals surface area contributed by atoms with E-state index in [0.717, 1.165) is 18.5 Å². The Labute approximate surface area is 89.2 Å². The van der Waals surface area contributed by atoms with Crippen molar-refractivity contribution >= 4 is 6.02 Å². The van der Waals surface area contributed by atoms with Crippen LogP contribution in [0.25, 0.3) is 0 Å². The number of nitrogens with two attached hydrogens (primary N) is 1. The lowest BCUT2D eigenvalue weighted by Crippen LogP contribution is -2.10. The minimum atomic E-state index is 0.221. The van der Waals surface area contributed by atoms with Crippen molar-refractivity contribution in [3.05, 3.63) is 29.6 Å². The molecule has 2 rings (SSSR count). The number of aryl methyl sites for hydroxylation is 2. The van der Waals surface area contributed by atoms with E-state index in [-0.39, 0.29) is 6.04 Å². The first-order chi connectivity index (χ1) is 7.24. The molecule has 2 N–H and O–H groups in total. The number of aromatic nitrogens is 1. The van der Waals surface area contributed by atoms with Crippen LogP contribution in [0, 0.1) is 6.92 Å². The lowest BCUT2D eigenvalue weighted by Gasteiger charge is -2.05. The topological polar surface area (TPSA) is 60.5 Å². The SMILES string of the molecule is Cc1cc(CCC2COC(N)=N2)ccn1. The highest BCUT2D eigenvalue weighted by molar-refractivity contribution is 5.72. The number of amidine groups is 1. The molecule has 2 heterocycles. The molecule has 1 aliphatic rings. The van der Waals surface area contributed by atoms with Gasteiger partial charge in [-0.2, -0.15) is 0 Å². The van der Waals surface area contributed by atoms with E-state index in [4.69, 9.17) is 10.5 Å². The zero-order valence-electron chi connectivity index (χ0n) is 8.81. The third kappa shape index (κ3) is 2.68. The average Bonchev–Trinajstić information content (AvgIpc) is 2.62. The fourth-order valence-corrected chi connectivity index (χ4v) is 1.68. The van der Waals surface area contributed by atoms with E-state index in [9.17, 15) is 0 Å². The largest absolute Gasteiger partial charge is 0.463 e. The Hall–Kier alpha value is -1.58. The van der Waals surface area contributed by atoms with Gasteiger partial charge in [-0.15, -0.1) is 0 Å². The molecular formula is C11H15N3O. The van der Waals surface area contributed by atoms with Gasteiger partial charge in [-0.3, -0.25) is 4.98 Å². The van der Waals surface area contributed by atoms with Gasteiger partial charge in [-0.25, -0.2) is 4.99 Å². The lowest BCUT2D eigenvalue weighted by molar-refractivity contribution is 0.308. The summed E-state index contributed by atoms with van der Waals surface area (Å²) in [5.41, 5.74) is 7.78. The molecule has 1 unspecified atom stereocenters. The first kappa shape index (κ1) is 9.96. The molecule has 15 heavy (non-hydrogen) atoms. The smallest absolute Gasteiger partial charge is 0.282 e. The van der Waals surface area contributed by atoms with Crippen molar-refractivity contribution in [2.75, 3.05) is 6.61 Å². The number of ether oxygens (including phenoxy) is 1. The first-order valence-electron chi connectivity index (χ1n) is 5.11. The Morgan fingerprint density at radius 2 is 2.47 bits per heavy atom. The molecule has 80 valence electrons. The summed E-state index contributed by atoms with van der Waals surface area (Å²) in [5, 5.41) is 0. The summed E-state index contributed by atoms with van der Waals surface area (Å²) in [4.78, 5) is 8.34. The van der Waals surface area contributed by atoms with Crippen LogP contribution in [0.2, 0.25) is 0 Å². The van der Waals surface area contributed by atoms with Crippen molar-refractivity contribution in [2.45, 2.75) is 25.8 Å². The number of hydrogen-bond donors (Lipinski definition) is 1. The third-order valence-electron chi connectivity index (χ3n) is 2.46. The summed E-state index contributed by atoms with van der Waals surface area (Å²) >= 11 is 0. The fraction of sp³-hybridized carbons (Fsp3) is 0.455. The third-order valence-corrected chi connectivity index (χ3v) is 2.46. The number of pyridine rings is 1. The number of aliphatic imine (C=N–C) groups is 1. The minimum Gasteiger partial charge on any atom is -0.463 e. The van der Waals surface area contributed by atoms with Crippen molar-refractivity contribution in [3.63, 3.8) is 0 Å². The van der Waals surface area contributed by atoms with Crippen LogP contribution in [-0.4, -0.2) is 23.7 Å². The highest BCUT2D eigenvalue weighted by Gasteiger charge is 2.15. The molecule has 0 fully saturated rings. The summed E-state index contributed by atoms with van der Waals surface area (Å²) in [6.07, 6.45) is 3.81. The molecule has 1 aromatic rings. The van der Waals surface area contributed by atoms with E-state index >= 15 is 0 Å². The van der Waals surface area contributed by atoms with Crippen molar-refractivity contribution in [2.24, 2.45) is 10.7 Å². The summed E-state index contributed by atoms with van der Waals surface area (Å²) in [7, 11) is 0. The molecule has 0 aliphatic carbocycles. The summed E-state index contributed by atoms with van der Waals surface area (Å²) in [6.45, 7) is 2.62. The number of nitrogens with zero attached hydrogens (tertiary/aromatic N) is 2. The van der Waals surface area contributed by atoms with E-state index in [1.54, 1.807) is 0 Å². The predicted molar refractivity (Wildman–Crippen MR) is 58.7 cm³/mol. The lowest BCUT2D eigenvalue weighted by atomic mass is 10.1. The van der Waals surface area contributed by atoms with Crippen molar-refractivity contribution in [3.8, 4) is 0 Å². The molecular weight excluding hydrogens is 190 g/mol. The van der Waals surface area contributed by atoms with Gasteiger partial charge in [-0.05, 0) is 37.5 Å². The second-order valence-corrected chi connectivity index (χ2v) is 3.78. The van der Waals surface area contributed by atoms with Crippen molar-refractivity contribution in [1.82, 2.24) is 4.98 Å². The Kier molecular flexibility index (Phi) is 2.85. The molecule has 0 amide bonds. The van der Waals surface area contributed by atoms with Crippen LogP contribution in [0.15, 0.2) is 23.3 Å². The maximum Gasteiger partial charge on any atom is 0.282 e. The monoisotopic (exact) mass is 205 g/mol. The van der Waals surface area contributed by atoms with Crippen LogP contribution in [0.1, 0.15) is 17.7 Å². The van der Waals surface area contributed by atoms with Gasteiger partial charge in [0.1, 0.15) is 6.61 Å². The summed E-state index contributed by atoms with van der Waals surface area (Å²) in [5.74, 6) is 0. The molecule has 0 saturated carbocycles. The standard InChI is InChI=1S/C11H15N3O/c1-8-6-9(4-5-13-8)2-3-10-7-15-11(12)14-10/h4-6,10H,2-3,7H2,1H3,(H2,12,14). The molecule has 0 radical (unpaired) electrons. The fourth-order valence-electron chi connectivity index (χ4n) is 1.68. The van der Waals surface area contributed by atoms with Crippen LogP contribution in [-0.2, 0) is 11.2 Å². The molecule has 4 heteroatoms. The van der Waals surface area contributed by atoms with E-state index in [1.807, 2.05) is 19.2 Å². The van der Waals surface area contributed by atoms with Gasteiger partial charge in [0, 0.05) is 11.9 Å². The van der Waals surface area contributed by atoms with Gasteiger partial charge >= 0.3 is 0 Å². The summed E-state index contributed by atoms with van der Waals surface area (Å²) in [6, 6.07) is 4.68. The molecule has 4 nitrogen and oxygen atoms in total. The van der Waals surface area contributed by atoms with E-state index in [2.05, 4.69) is 16.0 Å². The van der Waals surface area contributed by atoms with Crippen LogP contribution >= 0.6 is 0 Å². The van der Waals surface area contributed by atoms with Crippen LogP contribution in [0.5, 0.6) is 0 Å². The Bertz CT molecular complexity index is 376. The van der Waals surface area contributed by atoms with Crippen LogP contribution < -0.4 is 5.73 Å². The molecule has 1 aliphatic heterocycles. The van der Waals surface area contributed by atoms with Crippen molar-refractivity contribution < 1.29 is 4.74 Å². The molecule has 1 atom stereocenters.